The van der Waals surface area contributed by atoms with E-state index in [9.17, 15) is 17.6 Å². The van der Waals surface area contributed by atoms with E-state index in [2.05, 4.69) is 25.6 Å². The van der Waals surface area contributed by atoms with Gasteiger partial charge in [0.05, 0.1) is 48.2 Å². The molecule has 5 rings (SSSR count). The molecule has 1 atom stereocenters. The van der Waals surface area contributed by atoms with Gasteiger partial charge < -0.3 is 20.3 Å². The Kier molecular flexibility index (Phi) is 6.48. The second-order valence-electron chi connectivity index (χ2n) is 7.83. The van der Waals surface area contributed by atoms with Gasteiger partial charge in [0.15, 0.2) is 17.5 Å². The molecule has 1 fully saturated rings. The van der Waals surface area contributed by atoms with E-state index in [0.717, 1.165) is 12.1 Å². The summed E-state index contributed by atoms with van der Waals surface area (Å²) in [6.07, 6.45) is -1.69. The average Bonchev–Trinajstić information content (AvgIpc) is 3.35. The van der Waals surface area contributed by atoms with Gasteiger partial charge in [-0.1, -0.05) is 6.07 Å². The maximum Gasteiger partial charge on any atom is 0.416 e. The topological polar surface area (TPSA) is 75.2 Å². The molecule has 0 saturated carbocycles. The van der Waals surface area contributed by atoms with Crippen molar-refractivity contribution in [3.8, 4) is 0 Å². The van der Waals surface area contributed by atoms with Crippen LogP contribution >= 0.6 is 11.8 Å². The molecule has 0 radical (unpaired) electrons. The molecule has 1 aromatic carbocycles. The van der Waals surface area contributed by atoms with Crippen molar-refractivity contribution in [2.24, 2.45) is 0 Å². The molecule has 2 N–H and O–H groups in total. The SMILES string of the molecule is Fc1cnc(C2=CSC(c3ccc(Nc4cccc(C(F)(F)F)c4)cn3)N2)nc1N1CCOCC1. The number of morpholine rings is 1. The normalized spacial score (nSPS) is 18.2. The van der Waals surface area contributed by atoms with Gasteiger partial charge >= 0.3 is 6.18 Å². The lowest BCUT2D eigenvalue weighted by Crippen LogP contribution is -2.37. The molecule has 7 nitrogen and oxygen atoms in total. The molecule has 2 aliphatic heterocycles. The number of ether oxygens (including phenoxy) is 1. The van der Waals surface area contributed by atoms with Crippen LogP contribution in [-0.4, -0.2) is 41.3 Å². The molecule has 0 bridgehead atoms. The second-order valence-corrected chi connectivity index (χ2v) is 8.81. The Labute approximate surface area is 202 Å². The van der Waals surface area contributed by atoms with E-state index < -0.39 is 17.6 Å². The molecule has 0 spiro atoms. The minimum absolute atomic E-state index is 0.215. The molecular weight excluding hydrogens is 484 g/mol. The van der Waals surface area contributed by atoms with E-state index >= 15 is 0 Å². The fourth-order valence-corrected chi connectivity index (χ4v) is 4.58. The zero-order valence-electron chi connectivity index (χ0n) is 18.2. The molecule has 182 valence electrons. The van der Waals surface area contributed by atoms with E-state index in [1.807, 2.05) is 10.3 Å². The molecule has 0 amide bonds. The number of nitrogens with one attached hydrogen (secondary N) is 2. The number of pyridine rings is 1. The van der Waals surface area contributed by atoms with Gasteiger partial charge in [-0.25, -0.2) is 14.4 Å². The standard InChI is InChI=1S/C23H20F4N6OS/c24-17-12-29-20(32-21(17)33-6-8-34-9-7-33)19-13-35-22(31-19)18-5-4-16(11-28-18)30-15-3-1-2-14(10-15)23(25,26)27/h1-5,10-13,22,30-31H,6-9H2. The highest BCUT2D eigenvalue weighted by atomic mass is 32.2. The largest absolute Gasteiger partial charge is 0.416 e. The Morgan fingerprint density at radius 2 is 1.89 bits per heavy atom. The van der Waals surface area contributed by atoms with Gasteiger partial charge in [-0.2, -0.15) is 13.2 Å². The van der Waals surface area contributed by atoms with Crippen molar-refractivity contribution in [3.05, 3.63) is 77.1 Å². The van der Waals surface area contributed by atoms with E-state index in [1.54, 1.807) is 24.4 Å². The lowest BCUT2D eigenvalue weighted by Gasteiger charge is -2.28. The number of anilines is 3. The van der Waals surface area contributed by atoms with Gasteiger partial charge in [0.25, 0.3) is 0 Å². The van der Waals surface area contributed by atoms with Crippen LogP contribution in [-0.2, 0) is 10.9 Å². The van der Waals surface area contributed by atoms with Crippen LogP contribution in [0.2, 0.25) is 0 Å². The van der Waals surface area contributed by atoms with Gasteiger partial charge in [0.1, 0.15) is 5.37 Å². The molecule has 4 heterocycles. The molecule has 35 heavy (non-hydrogen) atoms. The number of hydrogen-bond acceptors (Lipinski definition) is 8. The molecule has 2 aromatic heterocycles. The Morgan fingerprint density at radius 3 is 2.63 bits per heavy atom. The summed E-state index contributed by atoms with van der Waals surface area (Å²) in [5.74, 6) is 0.146. The molecule has 2 aliphatic rings. The van der Waals surface area contributed by atoms with Crippen LogP contribution in [0.15, 0.2) is 54.2 Å². The van der Waals surface area contributed by atoms with Crippen LogP contribution in [0.5, 0.6) is 0 Å². The van der Waals surface area contributed by atoms with Crippen LogP contribution in [0.4, 0.5) is 34.8 Å². The minimum Gasteiger partial charge on any atom is -0.378 e. The quantitative estimate of drug-likeness (QED) is 0.474. The first-order valence-electron chi connectivity index (χ1n) is 10.7. The minimum atomic E-state index is -4.41. The maximum atomic E-state index is 14.3. The predicted octanol–water partition coefficient (Wildman–Crippen LogP) is 4.94. The highest BCUT2D eigenvalue weighted by Gasteiger charge is 2.30. The van der Waals surface area contributed by atoms with Crippen LogP contribution in [0.3, 0.4) is 0 Å². The number of rotatable bonds is 5. The number of halogens is 4. The van der Waals surface area contributed by atoms with Crippen molar-refractivity contribution < 1.29 is 22.3 Å². The van der Waals surface area contributed by atoms with E-state index in [1.165, 1.54) is 24.0 Å². The summed E-state index contributed by atoms with van der Waals surface area (Å²) < 4.78 is 58.5. The average molecular weight is 505 g/mol. The van der Waals surface area contributed by atoms with Gasteiger partial charge in [0.2, 0.25) is 0 Å². The van der Waals surface area contributed by atoms with Gasteiger partial charge in [-0.15, -0.1) is 11.8 Å². The number of hydrogen-bond donors (Lipinski definition) is 2. The van der Waals surface area contributed by atoms with E-state index in [-0.39, 0.29) is 11.2 Å². The predicted molar refractivity (Wildman–Crippen MR) is 125 cm³/mol. The molecular formula is C23H20F4N6OS. The zero-order chi connectivity index (χ0) is 24.4. The Hall–Kier alpha value is -3.38. The van der Waals surface area contributed by atoms with Gasteiger partial charge in [-0.3, -0.25) is 4.98 Å². The first-order chi connectivity index (χ1) is 16.9. The lowest BCUT2D eigenvalue weighted by atomic mass is 10.2. The van der Waals surface area contributed by atoms with E-state index in [4.69, 9.17) is 4.74 Å². The monoisotopic (exact) mass is 504 g/mol. The summed E-state index contributed by atoms with van der Waals surface area (Å²) in [6, 6.07) is 8.50. The van der Waals surface area contributed by atoms with Crippen molar-refractivity contribution >= 4 is 34.7 Å². The number of alkyl halides is 3. The smallest absolute Gasteiger partial charge is 0.378 e. The van der Waals surface area contributed by atoms with Crippen molar-refractivity contribution in [2.75, 3.05) is 36.5 Å². The van der Waals surface area contributed by atoms with Crippen molar-refractivity contribution in [1.29, 1.82) is 0 Å². The second kappa shape index (κ2) is 9.70. The Balaban J connectivity index is 1.25. The summed E-state index contributed by atoms with van der Waals surface area (Å²) in [4.78, 5) is 14.8. The van der Waals surface area contributed by atoms with Crippen molar-refractivity contribution in [1.82, 2.24) is 20.3 Å². The third-order valence-electron chi connectivity index (χ3n) is 5.42. The number of aromatic nitrogens is 3. The molecule has 12 heteroatoms. The molecule has 1 unspecified atom stereocenters. The summed E-state index contributed by atoms with van der Waals surface area (Å²) in [5.41, 5.74) is 1.52. The summed E-state index contributed by atoms with van der Waals surface area (Å²) in [7, 11) is 0. The van der Waals surface area contributed by atoms with Gasteiger partial charge in [0, 0.05) is 24.2 Å². The van der Waals surface area contributed by atoms with Crippen molar-refractivity contribution in [2.45, 2.75) is 11.6 Å². The van der Waals surface area contributed by atoms with Gasteiger partial charge in [-0.05, 0) is 30.3 Å². The first-order valence-corrected chi connectivity index (χ1v) is 11.7. The highest BCUT2D eigenvalue weighted by molar-refractivity contribution is 8.02. The van der Waals surface area contributed by atoms with Crippen molar-refractivity contribution in [3.63, 3.8) is 0 Å². The van der Waals surface area contributed by atoms with Crippen LogP contribution in [0.1, 0.15) is 22.5 Å². The fraction of sp³-hybridized carbons (Fsp3) is 0.261. The third-order valence-corrected chi connectivity index (χ3v) is 6.42. The zero-order valence-corrected chi connectivity index (χ0v) is 19.0. The summed E-state index contributed by atoms with van der Waals surface area (Å²) >= 11 is 1.47. The summed E-state index contributed by atoms with van der Waals surface area (Å²) in [6.45, 7) is 2.15. The van der Waals surface area contributed by atoms with Crippen LogP contribution in [0.25, 0.3) is 5.70 Å². The Morgan fingerprint density at radius 1 is 1.06 bits per heavy atom. The molecule has 0 aliphatic carbocycles. The third kappa shape index (κ3) is 5.33. The van der Waals surface area contributed by atoms with E-state index in [0.29, 0.717) is 54.9 Å². The lowest BCUT2D eigenvalue weighted by molar-refractivity contribution is -0.137. The fourth-order valence-electron chi connectivity index (χ4n) is 3.67. The first kappa shape index (κ1) is 23.4. The van der Waals surface area contributed by atoms with Crippen LogP contribution in [0, 0.1) is 5.82 Å². The maximum absolute atomic E-state index is 14.3. The molecule has 1 saturated heterocycles. The number of nitrogens with zero attached hydrogens (tertiary/aromatic N) is 4. The number of thioether (sulfide) groups is 1. The summed E-state index contributed by atoms with van der Waals surface area (Å²) in [5, 5.41) is 7.88. The Bertz CT molecular complexity index is 1230. The molecule has 3 aromatic rings. The van der Waals surface area contributed by atoms with Crippen LogP contribution < -0.4 is 15.5 Å². The number of benzene rings is 1. The highest BCUT2D eigenvalue weighted by Crippen LogP contribution is 2.37.